The highest BCUT2D eigenvalue weighted by Crippen LogP contribution is 2.47. The van der Waals surface area contributed by atoms with Crippen molar-refractivity contribution in [2.75, 3.05) is 4.90 Å². The average molecular weight is 605 g/mol. The average Bonchev–Trinajstić information content (AvgIpc) is 3.67. The van der Waals surface area contributed by atoms with E-state index in [0.717, 1.165) is 66.6 Å². The molecule has 4 heterocycles. The molecule has 3 aromatic heterocycles. The normalized spacial score (nSPS) is 12.2. The van der Waals surface area contributed by atoms with Gasteiger partial charge in [-0.25, -0.2) is 14.9 Å². The van der Waals surface area contributed by atoms with Crippen LogP contribution in [0.25, 0.3) is 72.6 Å². The highest BCUT2D eigenvalue weighted by atomic mass is 16.3. The Morgan fingerprint density at radius 1 is 0.468 bits per heavy atom. The maximum Gasteiger partial charge on any atom is 0.241 e. The third-order valence-electron chi connectivity index (χ3n) is 8.81. The quantitative estimate of drug-likeness (QED) is 0.200. The van der Waals surface area contributed by atoms with Crippen LogP contribution in [-0.4, -0.2) is 24.5 Å². The van der Waals surface area contributed by atoms with Crippen molar-refractivity contribution in [1.29, 1.82) is 0 Å². The maximum atomic E-state index is 6.13. The first-order valence-electron chi connectivity index (χ1n) is 15.5. The lowest BCUT2D eigenvalue weighted by Gasteiger charge is -2.23. The Labute approximate surface area is 269 Å². The van der Waals surface area contributed by atoms with E-state index in [-0.39, 0.29) is 0 Å². The molecule has 0 atom stereocenters. The zero-order chi connectivity index (χ0) is 30.9. The van der Waals surface area contributed by atoms with Crippen LogP contribution in [0, 0.1) is 0 Å². The van der Waals surface area contributed by atoms with E-state index in [0.29, 0.717) is 23.5 Å². The largest absolute Gasteiger partial charge is 0.456 e. The Morgan fingerprint density at radius 2 is 1.13 bits per heavy atom. The number of rotatable bonds is 3. The van der Waals surface area contributed by atoms with Crippen LogP contribution >= 0.6 is 0 Å². The summed E-state index contributed by atoms with van der Waals surface area (Å²) in [6.07, 6.45) is 0. The summed E-state index contributed by atoms with van der Waals surface area (Å²) >= 11 is 0. The van der Waals surface area contributed by atoms with Crippen LogP contribution in [0.2, 0.25) is 0 Å². The smallest absolute Gasteiger partial charge is 0.241 e. The Bertz CT molecular complexity index is 2660. The van der Waals surface area contributed by atoms with Crippen LogP contribution in [0.3, 0.4) is 0 Å². The van der Waals surface area contributed by atoms with Crippen molar-refractivity contribution < 1.29 is 4.42 Å². The van der Waals surface area contributed by atoms with Gasteiger partial charge in [0.1, 0.15) is 11.2 Å². The molecule has 0 saturated carbocycles. The number of nitrogens with zero attached hydrogens (tertiary/aromatic N) is 6. The maximum absolute atomic E-state index is 6.13. The summed E-state index contributed by atoms with van der Waals surface area (Å²) in [5.74, 6) is 2.31. The monoisotopic (exact) mass is 604 g/mol. The van der Waals surface area contributed by atoms with Crippen molar-refractivity contribution in [2.24, 2.45) is 0 Å². The number of anilines is 3. The molecule has 0 bridgehead atoms. The Hall–Kier alpha value is -6.60. The lowest BCUT2D eigenvalue weighted by atomic mass is 10.0. The van der Waals surface area contributed by atoms with E-state index >= 15 is 0 Å². The molecule has 0 amide bonds. The molecule has 6 aromatic carbocycles. The lowest BCUT2D eigenvalue weighted by Crippen LogP contribution is -2.18. The number of furan rings is 1. The molecule has 0 N–H and O–H groups in total. The van der Waals surface area contributed by atoms with Crippen molar-refractivity contribution in [3.8, 4) is 39.6 Å². The third-order valence-corrected chi connectivity index (χ3v) is 8.81. The second kappa shape index (κ2) is 9.95. The van der Waals surface area contributed by atoms with Crippen LogP contribution in [0.5, 0.6) is 0 Å². The molecular formula is C40H24N6O. The first-order valence-corrected chi connectivity index (χ1v) is 15.5. The van der Waals surface area contributed by atoms with Crippen molar-refractivity contribution in [2.45, 2.75) is 0 Å². The summed E-state index contributed by atoms with van der Waals surface area (Å²) in [6.45, 7) is 0. The molecule has 0 spiro atoms. The van der Waals surface area contributed by atoms with E-state index in [1.54, 1.807) is 0 Å². The molecule has 7 nitrogen and oxygen atoms in total. The van der Waals surface area contributed by atoms with Gasteiger partial charge in [-0.3, -0.25) is 4.57 Å². The molecule has 47 heavy (non-hydrogen) atoms. The molecule has 0 unspecified atom stereocenters. The fraction of sp³-hybridized carbons (Fsp3) is 0. The van der Waals surface area contributed by atoms with Crippen molar-refractivity contribution >= 4 is 50.6 Å². The van der Waals surface area contributed by atoms with Gasteiger partial charge < -0.3 is 4.42 Å². The molecule has 9 aromatic rings. The molecule has 0 fully saturated rings. The summed E-state index contributed by atoms with van der Waals surface area (Å²) < 4.78 is 8.34. The minimum atomic E-state index is 0.475. The van der Waals surface area contributed by atoms with Crippen LogP contribution < -0.4 is 4.90 Å². The zero-order valence-electron chi connectivity index (χ0n) is 24.9. The SMILES string of the molecule is c1ccc(-c2nc(-c3ccc4oc5ccccc5c4c3)nc(N3c4ccccc4-c4ccccc4-n4c3nc3ccccc34)n2)cc1. The first kappa shape index (κ1) is 25.7. The van der Waals surface area contributed by atoms with Crippen LogP contribution in [-0.2, 0) is 0 Å². The van der Waals surface area contributed by atoms with Crippen molar-refractivity contribution in [3.63, 3.8) is 0 Å². The van der Waals surface area contributed by atoms with E-state index in [1.165, 1.54) is 0 Å². The molecular weight excluding hydrogens is 580 g/mol. The summed E-state index contributed by atoms with van der Waals surface area (Å²) in [6, 6.07) is 49.3. The fourth-order valence-electron chi connectivity index (χ4n) is 6.67. The van der Waals surface area contributed by atoms with Crippen molar-refractivity contribution in [3.05, 3.63) is 146 Å². The lowest BCUT2D eigenvalue weighted by molar-refractivity contribution is 0.669. The van der Waals surface area contributed by atoms with E-state index in [2.05, 4.69) is 70.1 Å². The second-order valence-electron chi connectivity index (χ2n) is 11.6. The van der Waals surface area contributed by atoms with Gasteiger partial charge in [0.25, 0.3) is 0 Å². The van der Waals surface area contributed by atoms with Crippen LogP contribution in [0.15, 0.2) is 150 Å². The van der Waals surface area contributed by atoms with Gasteiger partial charge in [-0.1, -0.05) is 97.1 Å². The Balaban J connectivity index is 1.28. The molecule has 0 saturated heterocycles. The third kappa shape index (κ3) is 3.93. The minimum absolute atomic E-state index is 0.475. The number of hydrogen-bond donors (Lipinski definition) is 0. The van der Waals surface area contributed by atoms with E-state index in [9.17, 15) is 0 Å². The number of para-hydroxylation sites is 5. The van der Waals surface area contributed by atoms with E-state index in [4.69, 9.17) is 24.4 Å². The number of hydrogen-bond acceptors (Lipinski definition) is 6. The van der Waals surface area contributed by atoms with Gasteiger partial charge in [0.15, 0.2) is 11.6 Å². The minimum Gasteiger partial charge on any atom is -0.456 e. The van der Waals surface area contributed by atoms with Crippen LogP contribution in [0.4, 0.5) is 17.6 Å². The van der Waals surface area contributed by atoms with Gasteiger partial charge in [0, 0.05) is 33.0 Å². The number of imidazole rings is 1. The second-order valence-corrected chi connectivity index (χ2v) is 11.6. The van der Waals surface area contributed by atoms with Gasteiger partial charge >= 0.3 is 0 Å². The molecule has 0 aliphatic carbocycles. The highest BCUT2D eigenvalue weighted by molar-refractivity contribution is 6.06. The molecule has 0 radical (unpaired) electrons. The van der Waals surface area contributed by atoms with Gasteiger partial charge in [-0.15, -0.1) is 0 Å². The number of benzene rings is 6. The number of fused-ring (bicyclic) bond motifs is 10. The molecule has 220 valence electrons. The zero-order valence-corrected chi connectivity index (χ0v) is 24.9. The van der Waals surface area contributed by atoms with E-state index in [1.807, 2.05) is 84.9 Å². The predicted octanol–water partition coefficient (Wildman–Crippen LogP) is 9.89. The standard InChI is InChI=1S/C40H24N6O/c1-2-12-25(13-3-1)37-42-38(26-22-23-36-30(24-26)29-16-6-11-21-35(29)47-36)44-39(43-37)46-33-19-9-5-15-28(33)27-14-4-8-18-32(27)45-34-20-10-7-17-31(34)41-40(45)46/h1-24H. The fourth-order valence-corrected chi connectivity index (χ4v) is 6.67. The predicted molar refractivity (Wildman–Crippen MR) is 186 cm³/mol. The van der Waals surface area contributed by atoms with Crippen molar-refractivity contribution in [1.82, 2.24) is 24.5 Å². The van der Waals surface area contributed by atoms with Gasteiger partial charge in [-0.2, -0.15) is 9.97 Å². The summed E-state index contributed by atoms with van der Waals surface area (Å²) in [4.78, 5) is 22.7. The summed E-state index contributed by atoms with van der Waals surface area (Å²) in [5, 5.41) is 2.06. The summed E-state index contributed by atoms with van der Waals surface area (Å²) in [7, 11) is 0. The molecule has 1 aliphatic heterocycles. The molecule has 10 rings (SSSR count). The summed E-state index contributed by atoms with van der Waals surface area (Å²) in [5.41, 5.74) is 9.46. The van der Waals surface area contributed by atoms with Crippen LogP contribution in [0.1, 0.15) is 0 Å². The molecule has 1 aliphatic rings. The Morgan fingerprint density at radius 3 is 2.00 bits per heavy atom. The first-order chi connectivity index (χ1) is 23.3. The molecule has 7 heteroatoms. The number of aromatic nitrogens is 5. The van der Waals surface area contributed by atoms with Gasteiger partial charge in [0.2, 0.25) is 11.9 Å². The topological polar surface area (TPSA) is 72.9 Å². The highest BCUT2D eigenvalue weighted by Gasteiger charge is 2.31. The Kier molecular flexibility index (Phi) is 5.44. The van der Waals surface area contributed by atoms with Gasteiger partial charge in [-0.05, 0) is 48.5 Å². The van der Waals surface area contributed by atoms with E-state index < -0.39 is 0 Å². The van der Waals surface area contributed by atoms with Gasteiger partial charge in [0.05, 0.1) is 22.4 Å².